The van der Waals surface area contributed by atoms with Gasteiger partial charge in [-0.25, -0.2) is 18.4 Å². The summed E-state index contributed by atoms with van der Waals surface area (Å²) in [5, 5.41) is 0. The van der Waals surface area contributed by atoms with E-state index in [9.17, 15) is 52.7 Å². The lowest BCUT2D eigenvalue weighted by Gasteiger charge is -2.36. The number of aromatic nitrogens is 2. The normalized spacial score (nSPS) is 17.4. The van der Waals surface area contributed by atoms with Crippen LogP contribution in [0, 0.1) is 11.8 Å². The number of benzene rings is 2. The number of alkyl halides is 9. The van der Waals surface area contributed by atoms with Gasteiger partial charge in [0.1, 0.15) is 6.61 Å². The first-order valence-electron chi connectivity index (χ1n) is 17.3. The topological polar surface area (TPSA) is 102 Å². The fourth-order valence-corrected chi connectivity index (χ4v) is 6.86. The Labute approximate surface area is 312 Å². The van der Waals surface area contributed by atoms with Crippen LogP contribution in [0.3, 0.4) is 0 Å². The number of ether oxygens (including phenoxy) is 2. The van der Waals surface area contributed by atoms with Crippen molar-refractivity contribution in [2.75, 3.05) is 48.1 Å². The van der Waals surface area contributed by atoms with Crippen LogP contribution in [0.1, 0.15) is 73.4 Å². The predicted molar refractivity (Wildman–Crippen MR) is 185 cm³/mol. The minimum atomic E-state index is -5.17. The molecule has 0 saturated heterocycles. The fraction of sp³-hybridized carbons (Fsp3) is 0.528. The van der Waals surface area contributed by atoms with Gasteiger partial charge in [-0.3, -0.25) is 4.79 Å². The molecule has 19 heteroatoms. The second-order valence-electron chi connectivity index (χ2n) is 13.5. The predicted octanol–water partition coefficient (Wildman–Crippen LogP) is 8.53. The quantitative estimate of drug-likeness (QED) is 0.104. The van der Waals surface area contributed by atoms with E-state index >= 15 is 0 Å². The lowest BCUT2D eigenvalue weighted by atomic mass is 9.82. The lowest BCUT2D eigenvalue weighted by molar-refractivity contribution is -0.143. The molecule has 0 spiro atoms. The average molecular weight is 813 g/mol. The Bertz CT molecular complexity index is 1820. The highest BCUT2D eigenvalue weighted by molar-refractivity contribution is 7.90. The Morgan fingerprint density at radius 3 is 1.93 bits per heavy atom. The molecule has 0 N–H and O–H groups in total. The standard InChI is InChI=1S/C36H41F9N4O5S/c1-4-48(19-24-5-7-25(8-6-24)21-53-22-50)32-10-9-28(34(37,38)39)15-27(32)20-49(33-46-17-31(18-47-33)54-11-12-55(3,51)52)23(2)26-13-29(35(40,41)42)16-30(14-26)36(43,44)45/h9-10,13-18,22-25H,4-8,11-12,19-21H2,1-3H3/t23-,24-,25-/m1/s1. The van der Waals surface area contributed by atoms with Crippen molar-refractivity contribution in [1.29, 1.82) is 0 Å². The van der Waals surface area contributed by atoms with Gasteiger partial charge in [0.15, 0.2) is 15.6 Å². The van der Waals surface area contributed by atoms with Gasteiger partial charge in [0.2, 0.25) is 5.95 Å². The second-order valence-corrected chi connectivity index (χ2v) is 15.8. The van der Waals surface area contributed by atoms with E-state index in [4.69, 9.17) is 9.47 Å². The first-order valence-corrected chi connectivity index (χ1v) is 19.3. The van der Waals surface area contributed by atoms with Gasteiger partial charge in [0.25, 0.3) is 6.47 Å². The highest BCUT2D eigenvalue weighted by atomic mass is 32.2. The Hall–Kier alpha value is -4.29. The van der Waals surface area contributed by atoms with E-state index in [1.807, 2.05) is 4.90 Å². The number of carbonyl (C=O) groups excluding carboxylic acids is 1. The van der Waals surface area contributed by atoms with Crippen LogP contribution in [0.4, 0.5) is 51.1 Å². The van der Waals surface area contributed by atoms with Crippen molar-refractivity contribution in [2.45, 2.75) is 70.6 Å². The SMILES string of the molecule is CCN(C[C@H]1CC[C@H](COC=O)CC1)c1ccc(C(F)(F)F)cc1CN(c1ncc(OCCS(C)(=O)=O)cn1)[C@H](C)c1cc(C(F)(F)F)cc(C(F)(F)F)c1. The summed E-state index contributed by atoms with van der Waals surface area (Å²) in [6, 6.07) is 2.77. The summed E-state index contributed by atoms with van der Waals surface area (Å²) in [6.07, 6.45) is -8.87. The van der Waals surface area contributed by atoms with Crippen molar-refractivity contribution in [3.05, 3.63) is 76.6 Å². The highest BCUT2D eigenvalue weighted by Gasteiger charge is 2.38. The summed E-state index contributed by atoms with van der Waals surface area (Å²) >= 11 is 0. The molecule has 1 fully saturated rings. The molecule has 1 heterocycles. The Kier molecular flexibility index (Phi) is 14.0. The second kappa shape index (κ2) is 17.7. The first kappa shape index (κ1) is 43.4. The summed E-state index contributed by atoms with van der Waals surface area (Å²) in [7, 11) is -3.40. The van der Waals surface area contributed by atoms with Gasteiger partial charge in [0, 0.05) is 31.6 Å². The van der Waals surface area contributed by atoms with E-state index in [0.717, 1.165) is 56.5 Å². The fourth-order valence-electron chi connectivity index (χ4n) is 6.47. The van der Waals surface area contributed by atoms with Crippen LogP contribution in [0.15, 0.2) is 48.8 Å². The maximum absolute atomic E-state index is 14.1. The van der Waals surface area contributed by atoms with Crippen LogP contribution >= 0.6 is 0 Å². The Morgan fingerprint density at radius 2 is 1.42 bits per heavy atom. The number of rotatable bonds is 16. The maximum Gasteiger partial charge on any atom is 0.416 e. The van der Waals surface area contributed by atoms with Gasteiger partial charge in [-0.2, -0.15) is 39.5 Å². The van der Waals surface area contributed by atoms with Crippen molar-refractivity contribution >= 4 is 27.9 Å². The average Bonchev–Trinajstić information content (AvgIpc) is 3.10. The number of carbonyl (C=O) groups is 1. The van der Waals surface area contributed by atoms with Crippen LogP contribution in [0.2, 0.25) is 0 Å². The maximum atomic E-state index is 14.1. The molecule has 9 nitrogen and oxygen atoms in total. The van der Waals surface area contributed by atoms with Gasteiger partial charge >= 0.3 is 18.5 Å². The summed E-state index contributed by atoms with van der Waals surface area (Å²) in [6.45, 7) is 3.78. The molecule has 3 aromatic rings. The molecule has 1 aliphatic carbocycles. The molecule has 55 heavy (non-hydrogen) atoms. The monoisotopic (exact) mass is 812 g/mol. The van der Waals surface area contributed by atoms with Gasteiger partial charge < -0.3 is 19.3 Å². The molecule has 0 amide bonds. The molecule has 0 unspecified atom stereocenters. The number of hydrogen-bond donors (Lipinski definition) is 0. The third kappa shape index (κ3) is 12.4. The van der Waals surface area contributed by atoms with Crippen LogP contribution in [0.25, 0.3) is 0 Å². The molecule has 4 rings (SSSR count). The van der Waals surface area contributed by atoms with Gasteiger partial charge in [-0.05, 0) is 98.9 Å². The van der Waals surface area contributed by atoms with E-state index < -0.39 is 63.2 Å². The third-order valence-corrected chi connectivity index (χ3v) is 10.4. The largest absolute Gasteiger partial charge is 0.489 e. The van der Waals surface area contributed by atoms with E-state index in [1.54, 1.807) is 6.92 Å². The van der Waals surface area contributed by atoms with Crippen molar-refractivity contribution in [3.8, 4) is 5.75 Å². The third-order valence-electron chi connectivity index (χ3n) is 9.47. The summed E-state index contributed by atoms with van der Waals surface area (Å²) in [4.78, 5) is 22.1. The smallest absolute Gasteiger partial charge is 0.416 e. The van der Waals surface area contributed by atoms with Crippen LogP contribution in [-0.2, 0) is 44.4 Å². The first-order chi connectivity index (χ1) is 25.6. The molecule has 0 aliphatic heterocycles. The molecule has 0 bridgehead atoms. The van der Waals surface area contributed by atoms with Crippen molar-refractivity contribution in [2.24, 2.45) is 11.8 Å². The van der Waals surface area contributed by atoms with Crippen LogP contribution in [-0.4, -0.2) is 63.2 Å². The number of hydrogen-bond acceptors (Lipinski definition) is 9. The lowest BCUT2D eigenvalue weighted by Crippen LogP contribution is -2.34. The van der Waals surface area contributed by atoms with Gasteiger partial charge in [-0.15, -0.1) is 0 Å². The zero-order valence-electron chi connectivity index (χ0n) is 30.1. The summed E-state index contributed by atoms with van der Waals surface area (Å²) in [5.41, 5.74) is -4.24. The minimum absolute atomic E-state index is 0.0113. The van der Waals surface area contributed by atoms with E-state index in [0.29, 0.717) is 37.4 Å². The van der Waals surface area contributed by atoms with Gasteiger partial charge in [0.05, 0.1) is 47.5 Å². The van der Waals surface area contributed by atoms with Crippen LogP contribution in [0.5, 0.6) is 5.75 Å². The van der Waals surface area contributed by atoms with E-state index in [1.165, 1.54) is 17.9 Å². The zero-order valence-corrected chi connectivity index (χ0v) is 31.0. The Morgan fingerprint density at radius 1 is 0.855 bits per heavy atom. The summed E-state index contributed by atoms with van der Waals surface area (Å²) in [5.74, 6) is -0.323. The number of nitrogens with zero attached hydrogens (tertiary/aromatic N) is 4. The zero-order chi connectivity index (χ0) is 40.8. The van der Waals surface area contributed by atoms with Crippen molar-refractivity contribution in [3.63, 3.8) is 0 Å². The number of halogens is 9. The van der Waals surface area contributed by atoms with E-state index in [2.05, 4.69) is 9.97 Å². The molecule has 304 valence electrons. The molecule has 1 aromatic heterocycles. The molecule has 1 atom stereocenters. The Balaban J connectivity index is 1.79. The molecule has 2 aromatic carbocycles. The molecule has 1 saturated carbocycles. The number of sulfone groups is 1. The molecular weight excluding hydrogens is 771 g/mol. The van der Waals surface area contributed by atoms with Crippen molar-refractivity contribution in [1.82, 2.24) is 9.97 Å². The molecule has 0 radical (unpaired) electrons. The van der Waals surface area contributed by atoms with E-state index in [-0.39, 0.29) is 54.1 Å². The molecule has 1 aliphatic rings. The van der Waals surface area contributed by atoms with Crippen molar-refractivity contribution < 1.29 is 62.2 Å². The van der Waals surface area contributed by atoms with Gasteiger partial charge in [-0.1, -0.05) is 0 Å². The summed E-state index contributed by atoms with van der Waals surface area (Å²) < 4.78 is 159. The number of anilines is 2. The minimum Gasteiger partial charge on any atom is -0.489 e. The molecular formula is C36H41F9N4O5S. The van der Waals surface area contributed by atoms with Crippen LogP contribution < -0.4 is 14.5 Å². The highest BCUT2D eigenvalue weighted by Crippen LogP contribution is 2.41.